The highest BCUT2D eigenvalue weighted by atomic mass is 35.5. The molecule has 0 saturated carbocycles. The first-order chi connectivity index (χ1) is 36.1. The van der Waals surface area contributed by atoms with E-state index in [1.807, 2.05) is 95.8 Å². The third-order valence-electron chi connectivity index (χ3n) is 10.3. The topological polar surface area (TPSA) is 247 Å². The maximum atomic E-state index is 12.3. The van der Waals surface area contributed by atoms with E-state index in [-0.39, 0.29) is 31.6 Å². The van der Waals surface area contributed by atoms with Crippen molar-refractivity contribution in [2.45, 2.75) is 65.5 Å². The molecular weight excluding hydrogens is 1080 g/mol. The van der Waals surface area contributed by atoms with E-state index in [4.69, 9.17) is 66.2 Å². The molecule has 8 rings (SSSR count). The Bertz CT molecular complexity index is 2970. The number of pyridine rings is 2. The lowest BCUT2D eigenvalue weighted by Gasteiger charge is -2.14. The Balaban J connectivity index is 0.000000224. The van der Waals surface area contributed by atoms with Crippen LogP contribution in [0.25, 0.3) is 11.4 Å². The number of ether oxygens (including phenoxy) is 6. The highest BCUT2D eigenvalue weighted by molar-refractivity contribution is 6.61. The summed E-state index contributed by atoms with van der Waals surface area (Å²) in [7, 11) is 0. The number of carboxylic acids is 1. The van der Waals surface area contributed by atoms with Gasteiger partial charge < -0.3 is 33.5 Å². The highest BCUT2D eigenvalue weighted by Crippen LogP contribution is 2.36. The summed E-state index contributed by atoms with van der Waals surface area (Å²) in [6, 6.07) is 21.3. The molecule has 25 heteroatoms. The highest BCUT2D eigenvalue weighted by Gasteiger charge is 2.30. The average molecular weight is 1130 g/mol. The maximum absolute atomic E-state index is 12.3. The van der Waals surface area contributed by atoms with Gasteiger partial charge in [0, 0.05) is 81.8 Å². The monoisotopic (exact) mass is 1130 g/mol. The van der Waals surface area contributed by atoms with Crippen molar-refractivity contribution < 1.29 is 57.5 Å². The summed E-state index contributed by atoms with van der Waals surface area (Å²) in [5.74, 6) is 0.00783. The number of alkyl halides is 2. The van der Waals surface area contributed by atoms with Crippen LogP contribution in [0.4, 0.5) is 14.4 Å². The number of carbonyl (C=O) groups excluding carboxylic acids is 4. The molecule has 2 atom stereocenters. The molecule has 1 N–H and O–H groups in total. The summed E-state index contributed by atoms with van der Waals surface area (Å²) < 4.78 is 30.8. The number of halogens is 5. The average Bonchev–Trinajstić information content (AvgIpc) is 3.89. The molecule has 0 aliphatic carbocycles. The Hall–Kier alpha value is -7.10. The van der Waals surface area contributed by atoms with E-state index in [2.05, 4.69) is 55.2 Å². The number of aliphatic imine (C=N–C) groups is 2. The normalized spacial score (nSPS) is 13.6. The molecule has 0 amide bonds. The van der Waals surface area contributed by atoms with Gasteiger partial charge in [0.25, 0.3) is 0 Å². The zero-order chi connectivity index (χ0) is 54.4. The molecule has 75 heavy (non-hydrogen) atoms. The Morgan fingerprint density at radius 1 is 0.600 bits per heavy atom. The SMILES string of the molecule is CCOC(=O)OCCl.CCOC(=O)OCOC(=O)CC[C@@H]1N=C(c2ccccn2)c2ccc(Cl)cc2-n2c(C)cnc21.Cc1cnc2n1-c1cc(Cl)ccc1C(c1ccccn1)=N[C@H]2CCC(=O)O.O=C(Cl)OCCl. The second-order valence-electron chi connectivity index (χ2n) is 15.3. The van der Waals surface area contributed by atoms with Crippen LogP contribution in [0.3, 0.4) is 0 Å². The lowest BCUT2D eigenvalue weighted by Crippen LogP contribution is -2.15. The van der Waals surface area contributed by atoms with Gasteiger partial charge in [-0.1, -0.05) is 58.5 Å². The summed E-state index contributed by atoms with van der Waals surface area (Å²) in [6.07, 6.45) is 6.07. The fourth-order valence-electron chi connectivity index (χ4n) is 7.29. The minimum atomic E-state index is -0.891. The number of aryl methyl sites for hydroxylation is 2. The number of fused-ring (bicyclic) bond motifs is 6. The molecule has 2 aliphatic heterocycles. The van der Waals surface area contributed by atoms with E-state index < -0.39 is 48.6 Å². The Morgan fingerprint density at radius 3 is 1.47 bits per heavy atom. The van der Waals surface area contributed by atoms with Crippen LogP contribution in [0.5, 0.6) is 0 Å². The van der Waals surface area contributed by atoms with Gasteiger partial charge in [-0.3, -0.25) is 38.7 Å². The van der Waals surface area contributed by atoms with Gasteiger partial charge in [0.2, 0.25) is 6.79 Å². The first kappa shape index (κ1) is 58.8. The van der Waals surface area contributed by atoms with Crippen LogP contribution in [0.1, 0.15) is 97.2 Å². The predicted molar refractivity (Wildman–Crippen MR) is 279 cm³/mol. The van der Waals surface area contributed by atoms with E-state index in [0.29, 0.717) is 58.3 Å². The molecule has 0 unspecified atom stereocenters. The molecule has 6 aromatic rings. The number of aromatic nitrogens is 6. The number of hydrogen-bond donors (Lipinski definition) is 1. The van der Waals surface area contributed by atoms with Crippen LogP contribution < -0.4 is 0 Å². The maximum Gasteiger partial charge on any atom is 0.511 e. The number of esters is 1. The van der Waals surface area contributed by atoms with Gasteiger partial charge in [-0.25, -0.2) is 24.4 Å². The fourth-order valence-corrected chi connectivity index (χ4v) is 7.92. The number of benzene rings is 2. The van der Waals surface area contributed by atoms with Gasteiger partial charge in [0.15, 0.2) is 12.1 Å². The third kappa shape index (κ3) is 17.0. The standard InChI is InChI=1S/C24H23ClN4O5.C20H17ClN4O2.C4H7ClO3.C2H2Cl2O2/c1-3-32-24(31)34-14-33-21(30)10-9-19-23-27-13-15(2)29(23)20-12-16(25)7-8-17(20)22(28-19)18-6-4-5-11-26-18;1-12-11-23-20-16(7-8-18(26)27)24-19(15-4-2-3-9-22-15)14-6-5-13(21)10-17(14)25(12)20;1-2-7-4(6)8-3-5;3-1-6-2(4)5/h4-8,11-13,19H,3,9-10,14H2,1-2H3;2-6,9-11,16H,7-8H2,1H3,(H,26,27);2-3H2,1H3;1H2/t19-;16-;;/m00../s1. The van der Waals surface area contributed by atoms with Crippen molar-refractivity contribution in [1.29, 1.82) is 0 Å². The number of imidazole rings is 2. The molecule has 0 saturated heterocycles. The van der Waals surface area contributed by atoms with Crippen molar-refractivity contribution in [2.75, 3.05) is 32.1 Å². The van der Waals surface area contributed by atoms with Crippen LogP contribution >= 0.6 is 58.0 Å². The minimum absolute atomic E-state index is 0.00662. The summed E-state index contributed by atoms with van der Waals surface area (Å²) >= 11 is 27.1. The van der Waals surface area contributed by atoms with Crippen molar-refractivity contribution in [3.05, 3.63) is 153 Å². The molecule has 0 fully saturated rings. The van der Waals surface area contributed by atoms with Crippen LogP contribution in [0, 0.1) is 13.8 Å². The number of carboxylic acid groups (broad SMARTS) is 1. The number of rotatable bonds is 14. The summed E-state index contributed by atoms with van der Waals surface area (Å²) in [4.78, 5) is 82.3. The largest absolute Gasteiger partial charge is 0.511 e. The second-order valence-corrected chi connectivity index (χ2v) is 16.9. The number of carbonyl (C=O) groups is 5. The molecular formula is C50H49Cl5N8O12. The smallest absolute Gasteiger partial charge is 0.481 e. The molecule has 6 heterocycles. The van der Waals surface area contributed by atoms with Crippen LogP contribution in [0.2, 0.25) is 10.0 Å². The first-order valence-corrected chi connectivity index (χ1v) is 24.9. The van der Waals surface area contributed by atoms with Gasteiger partial charge in [-0.15, -0.1) is 0 Å². The summed E-state index contributed by atoms with van der Waals surface area (Å²) in [5.41, 5.74) is 7.25. The lowest BCUT2D eigenvalue weighted by molar-refractivity contribution is -0.153. The van der Waals surface area contributed by atoms with Gasteiger partial charge in [0.1, 0.15) is 23.7 Å². The van der Waals surface area contributed by atoms with Crippen molar-refractivity contribution in [2.24, 2.45) is 9.98 Å². The fraction of sp³-hybridized carbons (Fsp3) is 0.300. The lowest BCUT2D eigenvalue weighted by atomic mass is 10.0. The van der Waals surface area contributed by atoms with Crippen molar-refractivity contribution in [3.8, 4) is 11.4 Å². The molecule has 4 aromatic heterocycles. The number of nitrogens with zero attached hydrogens (tertiary/aromatic N) is 8. The quantitative estimate of drug-likeness (QED) is 0.0350. The molecule has 0 spiro atoms. The Morgan fingerprint density at radius 2 is 1.07 bits per heavy atom. The van der Waals surface area contributed by atoms with E-state index in [9.17, 15) is 24.0 Å². The minimum Gasteiger partial charge on any atom is -0.481 e. The van der Waals surface area contributed by atoms with E-state index in [1.165, 1.54) is 0 Å². The second kappa shape index (κ2) is 29.7. The van der Waals surface area contributed by atoms with Crippen LogP contribution in [-0.4, -0.2) is 107 Å². The van der Waals surface area contributed by atoms with E-state index >= 15 is 0 Å². The van der Waals surface area contributed by atoms with Crippen molar-refractivity contribution >= 4 is 99.1 Å². The zero-order valence-corrected chi connectivity index (χ0v) is 44.4. The van der Waals surface area contributed by atoms with E-state index in [1.54, 1.807) is 38.6 Å². The molecule has 0 bridgehead atoms. The molecule has 0 radical (unpaired) electrons. The third-order valence-corrected chi connectivity index (χ3v) is 11.1. The van der Waals surface area contributed by atoms with Crippen molar-refractivity contribution in [3.63, 3.8) is 0 Å². The molecule has 2 aromatic carbocycles. The molecule has 20 nitrogen and oxygen atoms in total. The zero-order valence-electron chi connectivity index (χ0n) is 40.7. The number of hydrogen-bond acceptors (Lipinski definition) is 17. The van der Waals surface area contributed by atoms with Gasteiger partial charge >= 0.3 is 29.7 Å². The molecule has 2 aliphatic rings. The summed E-state index contributed by atoms with van der Waals surface area (Å²) in [6.45, 7) is 7.22. The van der Waals surface area contributed by atoms with Crippen LogP contribution in [0.15, 0.2) is 108 Å². The predicted octanol–water partition coefficient (Wildman–Crippen LogP) is 11.5. The van der Waals surface area contributed by atoms with Crippen LogP contribution in [-0.2, 0) is 38.0 Å². The van der Waals surface area contributed by atoms with Gasteiger partial charge in [-0.05, 0) is 101 Å². The van der Waals surface area contributed by atoms with E-state index in [0.717, 1.165) is 39.6 Å². The molecule has 396 valence electrons. The van der Waals surface area contributed by atoms with Gasteiger partial charge in [0.05, 0.1) is 47.4 Å². The first-order valence-electron chi connectivity index (χ1n) is 22.7. The summed E-state index contributed by atoms with van der Waals surface area (Å²) in [5, 5.41) is 10.3. The Kier molecular flexibility index (Phi) is 23.3. The number of aliphatic carboxylic acids is 1. The Labute approximate surface area is 455 Å². The van der Waals surface area contributed by atoms with Gasteiger partial charge in [-0.2, -0.15) is 0 Å². The van der Waals surface area contributed by atoms with Crippen molar-refractivity contribution in [1.82, 2.24) is 29.1 Å².